The minimum Gasteiger partial charge on any atom is -0.475 e. The predicted molar refractivity (Wildman–Crippen MR) is 160 cm³/mol. The van der Waals surface area contributed by atoms with Crippen LogP contribution in [0.5, 0.6) is 0 Å². The van der Waals surface area contributed by atoms with Crippen molar-refractivity contribution in [2.75, 3.05) is 39.3 Å². The first-order valence-corrected chi connectivity index (χ1v) is 14.1. The van der Waals surface area contributed by atoms with Crippen LogP contribution >= 0.6 is 34.8 Å². The van der Waals surface area contributed by atoms with Crippen LogP contribution in [0, 0.1) is 0 Å². The molecular weight excluding hydrogens is 618 g/mol. The Morgan fingerprint density at radius 1 is 0.833 bits per heavy atom. The molecule has 228 valence electrons. The summed E-state index contributed by atoms with van der Waals surface area (Å²) in [4.78, 5) is 37.6. The molecule has 3 rings (SSSR count). The number of halogens is 6. The van der Waals surface area contributed by atoms with Crippen LogP contribution in [-0.4, -0.2) is 78.1 Å². The van der Waals surface area contributed by atoms with E-state index in [0.717, 1.165) is 63.1 Å². The first-order chi connectivity index (χ1) is 19.8. The molecule has 1 fully saturated rings. The number of hydrogen-bond acceptors (Lipinski definition) is 4. The largest absolute Gasteiger partial charge is 0.490 e. The Hall–Kier alpha value is -3.05. The molecule has 42 heavy (non-hydrogen) atoms. The van der Waals surface area contributed by atoms with Gasteiger partial charge in [-0.15, -0.1) is 0 Å². The summed E-state index contributed by atoms with van der Waals surface area (Å²) in [5.74, 6) is -2.84. The second-order valence-corrected chi connectivity index (χ2v) is 10.5. The number of carbonyl (C=O) groups excluding carboxylic acids is 2. The van der Waals surface area contributed by atoms with E-state index in [2.05, 4.69) is 10.2 Å². The molecule has 0 unspecified atom stereocenters. The number of amides is 2. The van der Waals surface area contributed by atoms with Crippen LogP contribution in [0.4, 0.5) is 13.2 Å². The van der Waals surface area contributed by atoms with Crippen molar-refractivity contribution >= 4 is 64.7 Å². The van der Waals surface area contributed by atoms with E-state index in [1.165, 1.54) is 0 Å². The van der Waals surface area contributed by atoms with E-state index in [4.69, 9.17) is 44.7 Å². The molecule has 2 amide bonds. The number of rotatable bonds is 10. The number of unbranched alkanes of at least 4 members (excludes halogenated alkanes) is 2. The van der Waals surface area contributed by atoms with Crippen molar-refractivity contribution in [3.8, 4) is 0 Å². The monoisotopic (exact) mass is 647 g/mol. The van der Waals surface area contributed by atoms with Crippen molar-refractivity contribution < 1.29 is 32.7 Å². The van der Waals surface area contributed by atoms with Crippen molar-refractivity contribution in [3.63, 3.8) is 0 Å². The molecule has 13 heteroatoms. The molecule has 1 aliphatic heterocycles. The van der Waals surface area contributed by atoms with Crippen molar-refractivity contribution in [1.29, 1.82) is 0 Å². The molecule has 0 atom stereocenters. The van der Waals surface area contributed by atoms with Crippen molar-refractivity contribution in [3.05, 3.63) is 80.8 Å². The maximum atomic E-state index is 12.5. The van der Waals surface area contributed by atoms with Crippen molar-refractivity contribution in [2.24, 2.45) is 0 Å². The quantitative estimate of drug-likeness (QED) is 0.229. The van der Waals surface area contributed by atoms with Gasteiger partial charge in [0, 0.05) is 49.9 Å². The Bertz CT molecular complexity index is 1250. The summed E-state index contributed by atoms with van der Waals surface area (Å²) in [6.45, 7) is 4.86. The number of benzene rings is 2. The average molecular weight is 649 g/mol. The van der Waals surface area contributed by atoms with Gasteiger partial charge in [0.1, 0.15) is 0 Å². The highest BCUT2D eigenvalue weighted by atomic mass is 35.5. The van der Waals surface area contributed by atoms with Crippen molar-refractivity contribution in [2.45, 2.75) is 25.4 Å². The Kier molecular flexibility index (Phi) is 14.9. The number of carbonyl (C=O) groups is 3. The summed E-state index contributed by atoms with van der Waals surface area (Å²) in [6.07, 6.45) is 4.66. The van der Waals surface area contributed by atoms with Gasteiger partial charge in [-0.1, -0.05) is 59.4 Å². The number of carboxylic acids is 1. The standard InChI is InChI=1S/C27H30Cl3N3O2.C2HF3O2/c28-23-9-4-21(5-10-23)7-12-26(34)31-14-2-1-3-15-32-16-18-33(19-17-32)27(35)13-8-22-6-11-24(29)25(30)20-22;3-2(4,5)1(6)7/h4-13,20H,1-3,14-19H2,(H,31,34);(H,6,7)/b12-7+,13-8?;. The maximum absolute atomic E-state index is 12.5. The van der Waals surface area contributed by atoms with E-state index in [0.29, 0.717) is 21.6 Å². The zero-order valence-electron chi connectivity index (χ0n) is 22.5. The number of alkyl halides is 3. The number of aliphatic carboxylic acids is 1. The fraction of sp³-hybridized carbons (Fsp3) is 0.345. The number of nitrogens with one attached hydrogen (secondary N) is 1. The van der Waals surface area contributed by atoms with Crippen LogP contribution in [0.2, 0.25) is 15.1 Å². The Morgan fingerprint density at radius 2 is 1.43 bits per heavy atom. The number of nitrogens with zero attached hydrogens (tertiary/aromatic N) is 2. The van der Waals surface area contributed by atoms with E-state index in [-0.39, 0.29) is 11.8 Å². The highest BCUT2D eigenvalue weighted by molar-refractivity contribution is 6.42. The lowest BCUT2D eigenvalue weighted by Crippen LogP contribution is -2.48. The Labute approximate surface area is 257 Å². The van der Waals surface area contributed by atoms with Crippen LogP contribution in [0.25, 0.3) is 12.2 Å². The van der Waals surface area contributed by atoms with Gasteiger partial charge in [0.25, 0.3) is 0 Å². The zero-order chi connectivity index (χ0) is 31.1. The van der Waals surface area contributed by atoms with Gasteiger partial charge in [-0.2, -0.15) is 13.2 Å². The second kappa shape index (κ2) is 17.8. The molecule has 2 N–H and O–H groups in total. The zero-order valence-corrected chi connectivity index (χ0v) is 24.8. The van der Waals surface area contributed by atoms with Crippen LogP contribution in [0.15, 0.2) is 54.6 Å². The normalized spacial score (nSPS) is 14.1. The molecule has 1 saturated heterocycles. The lowest BCUT2D eigenvalue weighted by molar-refractivity contribution is -0.192. The van der Waals surface area contributed by atoms with Gasteiger partial charge in [-0.05, 0) is 66.9 Å². The molecule has 0 aromatic heterocycles. The molecule has 2 aromatic rings. The minimum absolute atomic E-state index is 0.0107. The molecule has 0 aliphatic carbocycles. The molecule has 0 spiro atoms. The third-order valence-corrected chi connectivity index (χ3v) is 7.03. The molecule has 1 aliphatic rings. The molecule has 0 bridgehead atoms. The summed E-state index contributed by atoms with van der Waals surface area (Å²) in [7, 11) is 0. The SMILES string of the molecule is O=C(/C=C/c1ccc(Cl)cc1)NCCCCCN1CCN(C(=O)C=Cc2ccc(Cl)c(Cl)c2)CC1.O=C(O)C(F)(F)F. The maximum Gasteiger partial charge on any atom is 0.490 e. The molecule has 1 heterocycles. The average Bonchev–Trinajstić information content (AvgIpc) is 2.95. The Morgan fingerprint density at radius 3 is 2.02 bits per heavy atom. The summed E-state index contributed by atoms with van der Waals surface area (Å²) >= 11 is 17.8. The van der Waals surface area contributed by atoms with Gasteiger partial charge in [0.2, 0.25) is 11.8 Å². The second-order valence-electron chi connectivity index (χ2n) is 9.21. The van der Waals surface area contributed by atoms with Gasteiger partial charge >= 0.3 is 12.1 Å². The number of hydrogen-bond donors (Lipinski definition) is 2. The first-order valence-electron chi connectivity index (χ1n) is 13.0. The molecule has 0 saturated carbocycles. The van der Waals surface area contributed by atoms with Gasteiger partial charge < -0.3 is 15.3 Å². The summed E-state index contributed by atoms with van der Waals surface area (Å²) < 4.78 is 31.7. The van der Waals surface area contributed by atoms with Crippen LogP contribution in [0.3, 0.4) is 0 Å². The molecular formula is C29H31Cl3F3N3O4. The smallest absolute Gasteiger partial charge is 0.475 e. The van der Waals surface area contributed by atoms with Gasteiger partial charge in [-0.3, -0.25) is 14.5 Å². The predicted octanol–water partition coefficient (Wildman–Crippen LogP) is 6.44. The summed E-state index contributed by atoms with van der Waals surface area (Å²) in [6, 6.07) is 12.6. The lowest BCUT2D eigenvalue weighted by atomic mass is 10.2. The topological polar surface area (TPSA) is 90.0 Å². The van der Waals surface area contributed by atoms with E-state index in [1.54, 1.807) is 48.6 Å². The lowest BCUT2D eigenvalue weighted by Gasteiger charge is -2.34. The highest BCUT2D eigenvalue weighted by Crippen LogP contribution is 2.23. The van der Waals surface area contributed by atoms with Gasteiger partial charge in [-0.25, -0.2) is 4.79 Å². The highest BCUT2D eigenvalue weighted by Gasteiger charge is 2.38. The van der Waals surface area contributed by atoms with Crippen molar-refractivity contribution in [1.82, 2.24) is 15.1 Å². The minimum atomic E-state index is -5.08. The summed E-state index contributed by atoms with van der Waals surface area (Å²) in [5.41, 5.74) is 1.79. The summed E-state index contributed by atoms with van der Waals surface area (Å²) in [5, 5.41) is 11.7. The first kappa shape index (κ1) is 35.1. The third kappa shape index (κ3) is 13.7. The van der Waals surface area contributed by atoms with Gasteiger partial charge in [0.05, 0.1) is 10.0 Å². The molecule has 7 nitrogen and oxygen atoms in total. The molecule has 2 aromatic carbocycles. The number of piperazine rings is 1. The number of carboxylic acid groups (broad SMARTS) is 1. The Balaban J connectivity index is 0.000000782. The van der Waals surface area contributed by atoms with Gasteiger partial charge in [0.15, 0.2) is 0 Å². The fourth-order valence-electron chi connectivity index (χ4n) is 3.73. The van der Waals surface area contributed by atoms with E-state index >= 15 is 0 Å². The fourth-order valence-corrected chi connectivity index (χ4v) is 4.17. The van der Waals surface area contributed by atoms with Crippen LogP contribution < -0.4 is 5.32 Å². The van der Waals surface area contributed by atoms with Crippen LogP contribution in [-0.2, 0) is 14.4 Å². The van der Waals surface area contributed by atoms with E-state index < -0.39 is 12.1 Å². The van der Waals surface area contributed by atoms with E-state index in [9.17, 15) is 22.8 Å². The molecule has 0 radical (unpaired) electrons. The van der Waals surface area contributed by atoms with E-state index in [1.807, 2.05) is 23.1 Å². The third-order valence-electron chi connectivity index (χ3n) is 6.04. The van der Waals surface area contributed by atoms with Crippen LogP contribution in [0.1, 0.15) is 30.4 Å².